The van der Waals surface area contributed by atoms with Gasteiger partial charge in [-0.15, -0.1) is 0 Å². The quantitative estimate of drug-likeness (QED) is 0.149. The van der Waals surface area contributed by atoms with Crippen molar-refractivity contribution in [2.24, 2.45) is 0 Å². The van der Waals surface area contributed by atoms with E-state index >= 15 is 0 Å². The SMILES string of the molecule is CCOc1ccc(N(CC(=O)N(Cc2ccc(Cl)cc2)[C@@H](Cc2ccccc2)C(=O)NC(C)C)S(=O)(=O)c2ccc(OC)c(OC)c2)cc1. The fourth-order valence-electron chi connectivity index (χ4n) is 5.23. The molecule has 0 bridgehead atoms. The summed E-state index contributed by atoms with van der Waals surface area (Å²) < 4.78 is 46.2. The second-order valence-corrected chi connectivity index (χ2v) is 13.8. The van der Waals surface area contributed by atoms with Crippen molar-refractivity contribution in [3.8, 4) is 17.2 Å². The fourth-order valence-corrected chi connectivity index (χ4v) is 6.79. The zero-order chi connectivity index (χ0) is 35.6. The third-order valence-corrected chi connectivity index (χ3v) is 9.65. The molecule has 0 aliphatic heterocycles. The molecule has 4 aromatic rings. The van der Waals surface area contributed by atoms with E-state index in [9.17, 15) is 18.0 Å². The Labute approximate surface area is 293 Å². The number of benzene rings is 4. The molecule has 4 rings (SSSR count). The summed E-state index contributed by atoms with van der Waals surface area (Å²) in [6, 6.07) is 25.8. The molecule has 0 fully saturated rings. The molecule has 12 heteroatoms. The summed E-state index contributed by atoms with van der Waals surface area (Å²) in [6.07, 6.45) is 0.199. The summed E-state index contributed by atoms with van der Waals surface area (Å²) in [7, 11) is -1.52. The Bertz CT molecular complexity index is 1800. The Morgan fingerprint density at radius 2 is 1.49 bits per heavy atom. The van der Waals surface area contributed by atoms with Gasteiger partial charge in [0, 0.05) is 30.1 Å². The van der Waals surface area contributed by atoms with Gasteiger partial charge in [-0.05, 0) is 80.4 Å². The van der Waals surface area contributed by atoms with Gasteiger partial charge in [-0.2, -0.15) is 0 Å². The summed E-state index contributed by atoms with van der Waals surface area (Å²) in [5, 5.41) is 3.47. The molecule has 0 radical (unpaired) electrons. The molecule has 0 aromatic heterocycles. The number of ether oxygens (including phenoxy) is 3. The Kier molecular flexibility index (Phi) is 12.9. The molecular weight excluding hydrogens is 666 g/mol. The van der Waals surface area contributed by atoms with Gasteiger partial charge in [0.2, 0.25) is 11.8 Å². The molecule has 0 saturated carbocycles. The van der Waals surface area contributed by atoms with Crippen molar-refractivity contribution in [2.75, 3.05) is 31.7 Å². The Morgan fingerprint density at radius 1 is 0.837 bits per heavy atom. The van der Waals surface area contributed by atoms with Crippen LogP contribution in [0.3, 0.4) is 0 Å². The van der Waals surface area contributed by atoms with Crippen LogP contribution in [-0.4, -0.2) is 64.6 Å². The lowest BCUT2D eigenvalue weighted by molar-refractivity contribution is -0.140. The first-order chi connectivity index (χ1) is 23.5. The predicted molar refractivity (Wildman–Crippen MR) is 191 cm³/mol. The number of hydrogen-bond acceptors (Lipinski definition) is 7. The van der Waals surface area contributed by atoms with Gasteiger partial charge in [0.15, 0.2) is 11.5 Å². The maximum atomic E-state index is 14.6. The van der Waals surface area contributed by atoms with E-state index < -0.39 is 28.5 Å². The summed E-state index contributed by atoms with van der Waals surface area (Å²) in [5.41, 5.74) is 1.77. The minimum absolute atomic E-state index is 0.0204. The van der Waals surface area contributed by atoms with E-state index in [-0.39, 0.29) is 41.2 Å². The molecule has 0 spiro atoms. The van der Waals surface area contributed by atoms with Crippen LogP contribution in [0.1, 0.15) is 31.9 Å². The number of carbonyl (C=O) groups excluding carboxylic acids is 2. The van der Waals surface area contributed by atoms with E-state index in [4.69, 9.17) is 25.8 Å². The normalized spacial score (nSPS) is 11.8. The number of amides is 2. The van der Waals surface area contributed by atoms with Crippen molar-refractivity contribution in [2.45, 2.75) is 50.7 Å². The van der Waals surface area contributed by atoms with E-state index in [2.05, 4.69) is 5.32 Å². The number of halogens is 1. The number of nitrogens with zero attached hydrogens (tertiary/aromatic N) is 2. The zero-order valence-corrected chi connectivity index (χ0v) is 29.8. The zero-order valence-electron chi connectivity index (χ0n) is 28.3. The van der Waals surface area contributed by atoms with E-state index in [0.29, 0.717) is 28.7 Å². The fraction of sp³-hybridized carbons (Fsp3) is 0.297. The predicted octanol–water partition coefficient (Wildman–Crippen LogP) is 6.12. The minimum Gasteiger partial charge on any atom is -0.494 e. The van der Waals surface area contributed by atoms with Crippen molar-refractivity contribution in [1.82, 2.24) is 10.2 Å². The highest BCUT2D eigenvalue weighted by Gasteiger charge is 2.35. The Morgan fingerprint density at radius 3 is 2.08 bits per heavy atom. The Hall–Kier alpha value is -4.74. The van der Waals surface area contributed by atoms with Crippen molar-refractivity contribution < 1.29 is 32.2 Å². The highest BCUT2D eigenvalue weighted by molar-refractivity contribution is 7.92. The number of carbonyl (C=O) groups is 2. The van der Waals surface area contributed by atoms with Crippen molar-refractivity contribution in [3.05, 3.63) is 113 Å². The van der Waals surface area contributed by atoms with Gasteiger partial charge >= 0.3 is 0 Å². The second-order valence-electron chi connectivity index (χ2n) is 11.5. The van der Waals surface area contributed by atoms with Gasteiger partial charge in [-0.25, -0.2) is 8.42 Å². The molecule has 2 amide bonds. The third-order valence-electron chi connectivity index (χ3n) is 7.63. The molecule has 1 N–H and O–H groups in total. The van der Waals surface area contributed by atoms with Crippen LogP contribution in [0, 0.1) is 0 Å². The number of nitrogens with one attached hydrogen (secondary N) is 1. The minimum atomic E-state index is -4.38. The van der Waals surface area contributed by atoms with Crippen LogP contribution in [0.15, 0.2) is 102 Å². The number of methoxy groups -OCH3 is 2. The molecular formula is C37H42ClN3O7S. The van der Waals surface area contributed by atoms with Gasteiger partial charge in [0.05, 0.1) is 31.4 Å². The summed E-state index contributed by atoms with van der Waals surface area (Å²) in [5.74, 6) is 0.140. The smallest absolute Gasteiger partial charge is 0.264 e. The standard InChI is InChI=1S/C37H42ClN3O7S/c1-6-48-31-18-16-30(17-19-31)41(49(44,45)32-20-21-34(46-4)35(23-32)47-5)25-36(42)40(24-28-12-14-29(38)15-13-28)33(37(43)39-26(2)3)22-27-10-8-7-9-11-27/h7-21,23,26,33H,6,22,24-25H2,1-5H3,(H,39,43)/t33-/m0/s1. The lowest BCUT2D eigenvalue weighted by Crippen LogP contribution is -2.54. The van der Waals surface area contributed by atoms with E-state index in [1.54, 1.807) is 48.5 Å². The lowest BCUT2D eigenvalue weighted by Gasteiger charge is -2.34. The number of hydrogen-bond donors (Lipinski definition) is 1. The molecule has 0 saturated heterocycles. The largest absolute Gasteiger partial charge is 0.494 e. The molecule has 260 valence electrons. The highest BCUT2D eigenvalue weighted by atomic mass is 35.5. The topological polar surface area (TPSA) is 114 Å². The first-order valence-electron chi connectivity index (χ1n) is 15.8. The maximum Gasteiger partial charge on any atom is 0.264 e. The first-order valence-corrected chi connectivity index (χ1v) is 17.6. The van der Waals surface area contributed by atoms with Crippen LogP contribution in [0.25, 0.3) is 0 Å². The van der Waals surface area contributed by atoms with Gasteiger partial charge in [-0.3, -0.25) is 13.9 Å². The Balaban J connectivity index is 1.83. The molecule has 0 heterocycles. The van der Waals surface area contributed by atoms with Crippen LogP contribution < -0.4 is 23.8 Å². The summed E-state index contributed by atoms with van der Waals surface area (Å²) in [6.45, 7) is 5.35. The van der Waals surface area contributed by atoms with Crippen molar-refractivity contribution >= 4 is 39.1 Å². The van der Waals surface area contributed by atoms with Crippen LogP contribution >= 0.6 is 11.6 Å². The summed E-state index contributed by atoms with van der Waals surface area (Å²) >= 11 is 6.16. The summed E-state index contributed by atoms with van der Waals surface area (Å²) in [4.78, 5) is 29.8. The molecule has 0 aliphatic carbocycles. The van der Waals surface area contributed by atoms with E-state index in [0.717, 1.165) is 9.87 Å². The van der Waals surface area contributed by atoms with E-state index in [1.165, 1.54) is 37.3 Å². The third kappa shape index (κ3) is 9.67. The van der Waals surface area contributed by atoms with Gasteiger partial charge in [-0.1, -0.05) is 54.1 Å². The lowest BCUT2D eigenvalue weighted by atomic mass is 10.0. The van der Waals surface area contributed by atoms with Gasteiger partial charge < -0.3 is 24.4 Å². The van der Waals surface area contributed by atoms with Crippen molar-refractivity contribution in [1.29, 1.82) is 0 Å². The maximum absolute atomic E-state index is 14.6. The second kappa shape index (κ2) is 17.1. The molecule has 4 aromatic carbocycles. The number of rotatable bonds is 16. The van der Waals surface area contributed by atoms with Gasteiger partial charge in [0.1, 0.15) is 18.3 Å². The number of anilines is 1. The molecule has 0 unspecified atom stereocenters. The van der Waals surface area contributed by atoms with Crippen LogP contribution in [0.2, 0.25) is 5.02 Å². The highest BCUT2D eigenvalue weighted by Crippen LogP contribution is 2.33. The van der Waals surface area contributed by atoms with E-state index in [1.807, 2.05) is 51.1 Å². The molecule has 0 aliphatic rings. The molecule has 1 atom stereocenters. The number of sulfonamides is 1. The van der Waals surface area contributed by atoms with Crippen LogP contribution in [0.5, 0.6) is 17.2 Å². The molecule has 10 nitrogen and oxygen atoms in total. The average molecular weight is 708 g/mol. The monoisotopic (exact) mass is 707 g/mol. The average Bonchev–Trinajstić information content (AvgIpc) is 3.09. The van der Waals surface area contributed by atoms with Crippen molar-refractivity contribution in [3.63, 3.8) is 0 Å². The van der Waals surface area contributed by atoms with Crippen LogP contribution in [-0.2, 0) is 32.6 Å². The first kappa shape index (κ1) is 37.1. The molecule has 49 heavy (non-hydrogen) atoms. The van der Waals surface area contributed by atoms with Crippen LogP contribution in [0.4, 0.5) is 5.69 Å². The van der Waals surface area contributed by atoms with Gasteiger partial charge in [0.25, 0.3) is 10.0 Å².